The van der Waals surface area contributed by atoms with E-state index in [0.717, 1.165) is 25.0 Å². The van der Waals surface area contributed by atoms with Crippen molar-refractivity contribution in [3.05, 3.63) is 17.0 Å². The molecule has 7 heteroatoms. The van der Waals surface area contributed by atoms with E-state index in [9.17, 15) is 13.2 Å². The minimum absolute atomic E-state index is 0.176. The Kier molecular flexibility index (Phi) is 5.52. The number of halogens is 4. The van der Waals surface area contributed by atoms with Crippen molar-refractivity contribution >= 4 is 23.4 Å². The summed E-state index contributed by atoms with van der Waals surface area (Å²) in [6, 6.07) is 1.35. The van der Waals surface area contributed by atoms with Gasteiger partial charge in [-0.15, -0.1) is 11.8 Å². The number of hydrogen-bond acceptors (Lipinski definition) is 3. The fraction of sp³-hybridized carbons (Fsp3) is 0.600. The molecule has 0 spiro atoms. The fourth-order valence-electron chi connectivity index (χ4n) is 1.13. The summed E-state index contributed by atoms with van der Waals surface area (Å²) in [5.41, 5.74) is 0. The summed E-state index contributed by atoms with van der Waals surface area (Å²) in [5.74, 6) is -0.443. The van der Waals surface area contributed by atoms with Crippen LogP contribution in [0.25, 0.3) is 0 Å². The first-order chi connectivity index (χ1) is 7.93. The first kappa shape index (κ1) is 14.6. The van der Waals surface area contributed by atoms with E-state index in [-0.39, 0.29) is 10.2 Å². The smallest absolute Gasteiger partial charge is 0.218 e. The first-order valence-corrected chi connectivity index (χ1v) is 6.54. The standard InChI is InChI=1S/C10H12ClF3N2S/c1-2-3-4-5-17-8-6-7(11)15-9(16-8)10(12,13)14/h6H,2-5H2,1H3. The van der Waals surface area contributed by atoms with Crippen molar-refractivity contribution in [1.82, 2.24) is 9.97 Å². The molecule has 1 rings (SSSR count). The van der Waals surface area contributed by atoms with Gasteiger partial charge < -0.3 is 0 Å². The third-order valence-corrected chi connectivity index (χ3v) is 3.11. The summed E-state index contributed by atoms with van der Waals surface area (Å²) in [7, 11) is 0. The molecule has 1 aromatic rings. The minimum atomic E-state index is -4.55. The highest BCUT2D eigenvalue weighted by atomic mass is 35.5. The van der Waals surface area contributed by atoms with Gasteiger partial charge in [-0.05, 0) is 12.2 Å². The van der Waals surface area contributed by atoms with Gasteiger partial charge in [0.1, 0.15) is 10.2 Å². The van der Waals surface area contributed by atoms with Gasteiger partial charge >= 0.3 is 6.18 Å². The Morgan fingerprint density at radius 1 is 1.29 bits per heavy atom. The Morgan fingerprint density at radius 3 is 2.59 bits per heavy atom. The Balaban J connectivity index is 2.69. The van der Waals surface area contributed by atoms with E-state index in [1.54, 1.807) is 0 Å². The lowest BCUT2D eigenvalue weighted by Crippen LogP contribution is -2.11. The maximum absolute atomic E-state index is 12.4. The van der Waals surface area contributed by atoms with Gasteiger partial charge in [0, 0.05) is 6.07 Å². The summed E-state index contributed by atoms with van der Waals surface area (Å²) in [5, 5.41) is 0.0961. The molecule has 0 unspecified atom stereocenters. The highest BCUT2D eigenvalue weighted by Gasteiger charge is 2.35. The molecule has 0 radical (unpaired) electrons. The molecule has 0 fully saturated rings. The van der Waals surface area contributed by atoms with Crippen LogP contribution in [-0.4, -0.2) is 15.7 Å². The van der Waals surface area contributed by atoms with Crippen LogP contribution in [0.15, 0.2) is 11.1 Å². The Bertz CT molecular complexity index is 371. The number of unbranched alkanes of at least 4 members (excludes halogenated alkanes) is 2. The normalized spacial score (nSPS) is 11.8. The lowest BCUT2D eigenvalue weighted by Gasteiger charge is -2.07. The lowest BCUT2D eigenvalue weighted by molar-refractivity contribution is -0.145. The van der Waals surface area contributed by atoms with Crippen LogP contribution < -0.4 is 0 Å². The van der Waals surface area contributed by atoms with E-state index in [0.29, 0.717) is 0 Å². The molecule has 96 valence electrons. The molecule has 0 aliphatic carbocycles. The van der Waals surface area contributed by atoms with E-state index in [4.69, 9.17) is 11.6 Å². The zero-order valence-corrected chi connectivity index (χ0v) is 10.8. The number of thioether (sulfide) groups is 1. The zero-order chi connectivity index (χ0) is 12.9. The molecule has 0 N–H and O–H groups in total. The fourth-order valence-corrected chi connectivity index (χ4v) is 2.28. The summed E-state index contributed by atoms with van der Waals surface area (Å²) < 4.78 is 37.2. The predicted octanol–water partition coefficient (Wildman–Crippen LogP) is 4.43. The molecule has 0 atom stereocenters. The van der Waals surface area contributed by atoms with Gasteiger partial charge in [0.05, 0.1) is 0 Å². The van der Waals surface area contributed by atoms with Gasteiger partial charge in [-0.25, -0.2) is 9.97 Å². The highest BCUT2D eigenvalue weighted by molar-refractivity contribution is 7.99. The van der Waals surface area contributed by atoms with Crippen molar-refractivity contribution in [2.75, 3.05) is 5.75 Å². The second kappa shape index (κ2) is 6.44. The molecule has 0 bridgehead atoms. The van der Waals surface area contributed by atoms with Crippen LogP contribution in [-0.2, 0) is 6.18 Å². The van der Waals surface area contributed by atoms with Crippen molar-refractivity contribution in [2.45, 2.75) is 37.4 Å². The quantitative estimate of drug-likeness (QED) is 0.454. The number of alkyl halides is 3. The van der Waals surface area contributed by atoms with E-state index in [1.807, 2.05) is 0 Å². The van der Waals surface area contributed by atoms with Crippen molar-refractivity contribution < 1.29 is 13.2 Å². The average Bonchev–Trinajstić information content (AvgIpc) is 2.22. The maximum atomic E-state index is 12.4. The van der Waals surface area contributed by atoms with Gasteiger partial charge in [0.15, 0.2) is 0 Å². The topological polar surface area (TPSA) is 25.8 Å². The molecule has 0 amide bonds. The van der Waals surface area contributed by atoms with Crippen LogP contribution in [0.1, 0.15) is 32.0 Å². The van der Waals surface area contributed by atoms with Crippen LogP contribution in [0.5, 0.6) is 0 Å². The zero-order valence-electron chi connectivity index (χ0n) is 9.22. The average molecular weight is 285 g/mol. The third-order valence-electron chi connectivity index (χ3n) is 1.92. The molecule has 2 nitrogen and oxygen atoms in total. The van der Waals surface area contributed by atoms with Crippen molar-refractivity contribution in [2.24, 2.45) is 0 Å². The molecule has 17 heavy (non-hydrogen) atoms. The SMILES string of the molecule is CCCCCSc1cc(Cl)nc(C(F)(F)F)n1. The highest BCUT2D eigenvalue weighted by Crippen LogP contribution is 2.29. The largest absolute Gasteiger partial charge is 0.451 e. The van der Waals surface area contributed by atoms with E-state index < -0.39 is 12.0 Å². The number of rotatable bonds is 5. The third kappa shape index (κ3) is 5.12. The van der Waals surface area contributed by atoms with Gasteiger partial charge in [-0.3, -0.25) is 0 Å². The van der Waals surface area contributed by atoms with Gasteiger partial charge in [0.25, 0.3) is 0 Å². The molecule has 0 saturated heterocycles. The molecule has 0 aliphatic rings. The summed E-state index contributed by atoms with van der Waals surface area (Å²) in [6.07, 6.45) is -1.48. The molecular weight excluding hydrogens is 273 g/mol. The summed E-state index contributed by atoms with van der Waals surface area (Å²) in [6.45, 7) is 2.06. The van der Waals surface area contributed by atoms with Crippen LogP contribution in [0.2, 0.25) is 5.15 Å². The van der Waals surface area contributed by atoms with Crippen LogP contribution in [0.4, 0.5) is 13.2 Å². The van der Waals surface area contributed by atoms with E-state index in [2.05, 4.69) is 16.9 Å². The summed E-state index contributed by atoms with van der Waals surface area (Å²) >= 11 is 6.80. The molecule has 0 saturated carbocycles. The monoisotopic (exact) mass is 284 g/mol. The molecular formula is C10H12ClF3N2S. The van der Waals surface area contributed by atoms with Gasteiger partial charge in [0.2, 0.25) is 5.82 Å². The van der Waals surface area contributed by atoms with Crippen molar-refractivity contribution in [3.8, 4) is 0 Å². The lowest BCUT2D eigenvalue weighted by atomic mass is 10.3. The number of aromatic nitrogens is 2. The molecule has 0 aliphatic heterocycles. The number of hydrogen-bond donors (Lipinski definition) is 0. The Hall–Kier alpha value is -0.490. The Labute approximate surface area is 107 Å². The predicted molar refractivity (Wildman–Crippen MR) is 62.3 cm³/mol. The first-order valence-electron chi connectivity index (χ1n) is 5.18. The minimum Gasteiger partial charge on any atom is -0.218 e. The summed E-state index contributed by atoms with van der Waals surface area (Å²) in [4.78, 5) is 6.61. The Morgan fingerprint density at radius 2 is 2.00 bits per heavy atom. The van der Waals surface area contributed by atoms with Crippen LogP contribution in [0, 0.1) is 0 Å². The van der Waals surface area contributed by atoms with E-state index in [1.165, 1.54) is 17.8 Å². The number of nitrogens with zero attached hydrogens (tertiary/aromatic N) is 2. The van der Waals surface area contributed by atoms with Crippen molar-refractivity contribution in [3.63, 3.8) is 0 Å². The molecule has 0 aromatic carbocycles. The maximum Gasteiger partial charge on any atom is 0.451 e. The second-order valence-electron chi connectivity index (χ2n) is 3.41. The molecule has 1 heterocycles. The van der Waals surface area contributed by atoms with Crippen LogP contribution in [0.3, 0.4) is 0 Å². The van der Waals surface area contributed by atoms with E-state index >= 15 is 0 Å². The van der Waals surface area contributed by atoms with Crippen molar-refractivity contribution in [1.29, 1.82) is 0 Å². The molecule has 1 aromatic heterocycles. The second-order valence-corrected chi connectivity index (χ2v) is 4.91. The van der Waals surface area contributed by atoms with Gasteiger partial charge in [-0.1, -0.05) is 31.4 Å². The van der Waals surface area contributed by atoms with Gasteiger partial charge in [-0.2, -0.15) is 13.2 Å². The van der Waals surface area contributed by atoms with Crippen LogP contribution >= 0.6 is 23.4 Å².